The van der Waals surface area contributed by atoms with E-state index in [0.29, 0.717) is 16.5 Å². The molecule has 1 unspecified atom stereocenters. The molecule has 1 N–H and O–H groups in total. The van der Waals surface area contributed by atoms with Gasteiger partial charge in [-0.2, -0.15) is 5.10 Å². The topological polar surface area (TPSA) is 38.0 Å². The molecule has 2 rings (SSSR count). The van der Waals surface area contributed by atoms with Crippen LogP contribution in [0.1, 0.15) is 30.7 Å². The molecule has 2 aromatic rings. The SMILES string of the molecule is CCCn1nccc1C(O)Cc1c(Cl)cccc1Cl. The van der Waals surface area contributed by atoms with Crippen molar-refractivity contribution in [3.05, 3.63) is 51.8 Å². The third-order valence-electron chi connectivity index (χ3n) is 2.99. The molecular weight excluding hydrogens is 283 g/mol. The van der Waals surface area contributed by atoms with Crippen LogP contribution in [0, 0.1) is 0 Å². The van der Waals surface area contributed by atoms with Gasteiger partial charge in [0.25, 0.3) is 0 Å². The molecular formula is C14H16Cl2N2O. The molecule has 0 aliphatic heterocycles. The first kappa shape index (κ1) is 14.4. The van der Waals surface area contributed by atoms with Gasteiger partial charge in [-0.3, -0.25) is 4.68 Å². The fourth-order valence-corrected chi connectivity index (χ4v) is 2.60. The summed E-state index contributed by atoms with van der Waals surface area (Å²) in [6.45, 7) is 2.86. The maximum atomic E-state index is 10.3. The number of rotatable bonds is 5. The maximum Gasteiger partial charge on any atom is 0.0997 e. The van der Waals surface area contributed by atoms with Crippen molar-refractivity contribution >= 4 is 23.2 Å². The van der Waals surface area contributed by atoms with Crippen LogP contribution in [0.2, 0.25) is 10.0 Å². The largest absolute Gasteiger partial charge is 0.386 e. The molecule has 0 saturated heterocycles. The lowest BCUT2D eigenvalue weighted by Gasteiger charge is -2.15. The second kappa shape index (κ2) is 6.42. The van der Waals surface area contributed by atoms with Gasteiger partial charge >= 0.3 is 0 Å². The summed E-state index contributed by atoms with van der Waals surface area (Å²) in [5, 5.41) is 15.7. The Morgan fingerprint density at radius 2 is 1.95 bits per heavy atom. The number of aliphatic hydroxyl groups is 1. The Morgan fingerprint density at radius 3 is 2.58 bits per heavy atom. The van der Waals surface area contributed by atoms with Crippen molar-refractivity contribution in [2.75, 3.05) is 0 Å². The Balaban J connectivity index is 2.21. The molecule has 0 bridgehead atoms. The van der Waals surface area contributed by atoms with Gasteiger partial charge in [0.05, 0.1) is 11.8 Å². The van der Waals surface area contributed by atoms with E-state index >= 15 is 0 Å². The predicted octanol–water partition coefficient (Wildman–Crippen LogP) is 3.88. The molecule has 0 aliphatic carbocycles. The first-order chi connectivity index (χ1) is 9.13. The predicted molar refractivity (Wildman–Crippen MR) is 77.6 cm³/mol. The Morgan fingerprint density at radius 1 is 1.26 bits per heavy atom. The van der Waals surface area contributed by atoms with E-state index in [1.165, 1.54) is 0 Å². The number of hydrogen-bond donors (Lipinski definition) is 1. The lowest BCUT2D eigenvalue weighted by atomic mass is 10.1. The molecule has 0 spiro atoms. The van der Waals surface area contributed by atoms with Crippen LogP contribution in [-0.2, 0) is 13.0 Å². The number of aryl methyl sites for hydroxylation is 1. The second-order valence-corrected chi connectivity index (χ2v) is 5.21. The van der Waals surface area contributed by atoms with Crippen LogP contribution < -0.4 is 0 Å². The van der Waals surface area contributed by atoms with Crippen molar-refractivity contribution in [1.82, 2.24) is 9.78 Å². The lowest BCUT2D eigenvalue weighted by Crippen LogP contribution is -2.11. The first-order valence-corrected chi connectivity index (χ1v) is 7.01. The van der Waals surface area contributed by atoms with E-state index in [2.05, 4.69) is 12.0 Å². The first-order valence-electron chi connectivity index (χ1n) is 6.26. The van der Waals surface area contributed by atoms with Crippen LogP contribution in [0.25, 0.3) is 0 Å². The molecule has 0 fully saturated rings. The van der Waals surface area contributed by atoms with Crippen molar-refractivity contribution in [3.63, 3.8) is 0 Å². The Hall–Kier alpha value is -1.03. The zero-order valence-electron chi connectivity index (χ0n) is 10.7. The zero-order valence-corrected chi connectivity index (χ0v) is 12.2. The number of nitrogens with zero attached hydrogens (tertiary/aromatic N) is 2. The van der Waals surface area contributed by atoms with Crippen LogP contribution >= 0.6 is 23.2 Å². The molecule has 0 aliphatic rings. The quantitative estimate of drug-likeness (QED) is 0.910. The van der Waals surface area contributed by atoms with E-state index in [-0.39, 0.29) is 0 Å². The molecule has 1 aromatic carbocycles. The summed E-state index contributed by atoms with van der Waals surface area (Å²) in [7, 11) is 0. The number of aliphatic hydroxyl groups excluding tert-OH is 1. The molecule has 1 aromatic heterocycles. The van der Waals surface area contributed by atoms with Crippen LogP contribution in [-0.4, -0.2) is 14.9 Å². The van der Waals surface area contributed by atoms with Gasteiger partial charge in [-0.1, -0.05) is 36.2 Å². The average Bonchev–Trinajstić information content (AvgIpc) is 2.83. The highest BCUT2D eigenvalue weighted by Crippen LogP contribution is 2.29. The van der Waals surface area contributed by atoms with Crippen molar-refractivity contribution in [3.8, 4) is 0 Å². The van der Waals surface area contributed by atoms with Gasteiger partial charge < -0.3 is 5.11 Å². The van der Waals surface area contributed by atoms with Gasteiger partial charge in [-0.05, 0) is 30.2 Å². The zero-order chi connectivity index (χ0) is 13.8. The fourth-order valence-electron chi connectivity index (χ4n) is 2.05. The van der Waals surface area contributed by atoms with E-state index in [0.717, 1.165) is 24.2 Å². The Bertz CT molecular complexity index is 534. The molecule has 19 heavy (non-hydrogen) atoms. The molecule has 1 atom stereocenters. The molecule has 5 heteroatoms. The van der Waals surface area contributed by atoms with Crippen molar-refractivity contribution < 1.29 is 5.11 Å². The maximum absolute atomic E-state index is 10.3. The summed E-state index contributed by atoms with van der Waals surface area (Å²) in [6, 6.07) is 7.17. The number of benzene rings is 1. The average molecular weight is 299 g/mol. The number of aromatic nitrogens is 2. The highest BCUT2D eigenvalue weighted by atomic mass is 35.5. The van der Waals surface area contributed by atoms with Crippen LogP contribution in [0.5, 0.6) is 0 Å². The highest BCUT2D eigenvalue weighted by molar-refractivity contribution is 6.35. The van der Waals surface area contributed by atoms with Crippen LogP contribution in [0.3, 0.4) is 0 Å². The monoisotopic (exact) mass is 298 g/mol. The summed E-state index contributed by atoms with van der Waals surface area (Å²) in [5.74, 6) is 0. The van der Waals surface area contributed by atoms with E-state index in [1.807, 2.05) is 10.7 Å². The fraction of sp³-hybridized carbons (Fsp3) is 0.357. The molecule has 0 saturated carbocycles. The Kier molecular flexibility index (Phi) is 4.86. The second-order valence-electron chi connectivity index (χ2n) is 4.40. The minimum absolute atomic E-state index is 0.383. The van der Waals surface area contributed by atoms with Gasteiger partial charge in [0.1, 0.15) is 0 Å². The normalized spacial score (nSPS) is 12.6. The molecule has 1 heterocycles. The lowest BCUT2D eigenvalue weighted by molar-refractivity contribution is 0.166. The van der Waals surface area contributed by atoms with E-state index in [4.69, 9.17) is 23.2 Å². The van der Waals surface area contributed by atoms with E-state index < -0.39 is 6.10 Å². The van der Waals surface area contributed by atoms with E-state index in [9.17, 15) is 5.11 Å². The standard InChI is InChI=1S/C14H16Cl2N2O/c1-2-8-18-13(6-7-17-18)14(19)9-10-11(15)4-3-5-12(10)16/h3-7,14,19H,2,8-9H2,1H3. The van der Waals surface area contributed by atoms with Crippen molar-refractivity contribution in [2.24, 2.45) is 0 Å². The highest BCUT2D eigenvalue weighted by Gasteiger charge is 2.16. The minimum atomic E-state index is -0.661. The third kappa shape index (κ3) is 3.30. The summed E-state index contributed by atoms with van der Waals surface area (Å²) in [5.41, 5.74) is 1.56. The van der Waals surface area contributed by atoms with Gasteiger partial charge in [0.15, 0.2) is 0 Å². The van der Waals surface area contributed by atoms with Gasteiger partial charge in [0.2, 0.25) is 0 Å². The molecule has 3 nitrogen and oxygen atoms in total. The van der Waals surface area contributed by atoms with Crippen LogP contribution in [0.15, 0.2) is 30.5 Å². The summed E-state index contributed by atoms with van der Waals surface area (Å²) in [4.78, 5) is 0. The summed E-state index contributed by atoms with van der Waals surface area (Å²) in [6.07, 6.45) is 2.39. The van der Waals surface area contributed by atoms with Crippen molar-refractivity contribution in [2.45, 2.75) is 32.4 Å². The van der Waals surface area contributed by atoms with E-state index in [1.54, 1.807) is 24.4 Å². The number of halogens is 2. The molecule has 0 radical (unpaired) electrons. The number of hydrogen-bond acceptors (Lipinski definition) is 2. The molecule has 0 amide bonds. The van der Waals surface area contributed by atoms with Gasteiger partial charge in [0, 0.05) is 29.2 Å². The van der Waals surface area contributed by atoms with Gasteiger partial charge in [-0.15, -0.1) is 0 Å². The minimum Gasteiger partial charge on any atom is -0.386 e. The third-order valence-corrected chi connectivity index (χ3v) is 3.69. The van der Waals surface area contributed by atoms with Gasteiger partial charge in [-0.25, -0.2) is 0 Å². The smallest absolute Gasteiger partial charge is 0.0997 e. The summed E-state index contributed by atoms with van der Waals surface area (Å²) < 4.78 is 1.81. The molecule has 102 valence electrons. The van der Waals surface area contributed by atoms with Crippen LogP contribution in [0.4, 0.5) is 0 Å². The van der Waals surface area contributed by atoms with Crippen molar-refractivity contribution in [1.29, 1.82) is 0 Å². The summed E-state index contributed by atoms with van der Waals surface area (Å²) >= 11 is 12.2. The Labute approximate surface area is 122 Å².